The number of ether oxygens (including phenoxy) is 5. The number of hydrogen-bond donors (Lipinski definition) is 0. The van der Waals surface area contributed by atoms with Gasteiger partial charge in [-0.1, -0.05) is 83.1 Å². The predicted molar refractivity (Wildman–Crippen MR) is 150 cm³/mol. The molecule has 0 unspecified atom stereocenters. The Morgan fingerprint density at radius 2 is 0.400 bits per heavy atom. The van der Waals surface area contributed by atoms with Crippen LogP contribution in [0.1, 0.15) is 109 Å². The fraction of sp³-hybridized carbons (Fsp3) is 1.00. The van der Waals surface area contributed by atoms with E-state index in [2.05, 4.69) is 83.1 Å². The second-order valence-electron chi connectivity index (χ2n) is 14.3. The summed E-state index contributed by atoms with van der Waals surface area (Å²) in [6.45, 7) is 34.2. The Bertz CT molecular complexity index is 407. The molecule has 0 heterocycles. The Kier molecular flexibility index (Phi) is 21.0. The maximum atomic E-state index is 5.52. The van der Waals surface area contributed by atoms with E-state index < -0.39 is 0 Å². The van der Waals surface area contributed by atoms with E-state index in [9.17, 15) is 0 Å². The Balaban J connectivity index is 0. The molecule has 0 N–H and O–H groups in total. The Labute approximate surface area is 220 Å². The van der Waals surface area contributed by atoms with E-state index in [4.69, 9.17) is 23.7 Å². The van der Waals surface area contributed by atoms with Crippen molar-refractivity contribution in [3.05, 3.63) is 0 Å². The Hall–Kier alpha value is -0.200. The van der Waals surface area contributed by atoms with Crippen LogP contribution in [0, 0.1) is 21.7 Å². The third kappa shape index (κ3) is 41.2. The molecule has 5 heteroatoms. The Morgan fingerprint density at radius 3 is 0.543 bits per heavy atom. The molecule has 5 nitrogen and oxygen atoms in total. The standard InChI is InChI=1S/C16H34O3.C14H30O2/c1-15(2,3)7-9-17-11-13-19-14-12-18-10-8-16(4,5)6;1-13(2,3)7-9-15-11-12-16-10-8-14(4,5)6/h7-14H2,1-6H3;7-12H2,1-6H3. The molecule has 0 aromatic heterocycles. The first-order chi connectivity index (χ1) is 15.9. The summed E-state index contributed by atoms with van der Waals surface area (Å²) >= 11 is 0. The topological polar surface area (TPSA) is 46.2 Å². The minimum absolute atomic E-state index is 0.349. The lowest BCUT2D eigenvalue weighted by atomic mass is 9.93. The smallest absolute Gasteiger partial charge is 0.0701 e. The largest absolute Gasteiger partial charge is 0.379 e. The van der Waals surface area contributed by atoms with Crippen LogP contribution < -0.4 is 0 Å². The van der Waals surface area contributed by atoms with E-state index in [1.807, 2.05) is 0 Å². The first kappa shape index (κ1) is 37.0. The minimum atomic E-state index is 0.349. The molecule has 0 atom stereocenters. The van der Waals surface area contributed by atoms with E-state index >= 15 is 0 Å². The molecule has 0 spiro atoms. The second kappa shape index (κ2) is 19.9. The summed E-state index contributed by atoms with van der Waals surface area (Å²) in [5.41, 5.74) is 1.43. The lowest BCUT2D eigenvalue weighted by Gasteiger charge is -2.18. The van der Waals surface area contributed by atoms with Gasteiger partial charge in [0.05, 0.1) is 39.6 Å². The molecule has 0 saturated heterocycles. The van der Waals surface area contributed by atoms with Crippen molar-refractivity contribution in [2.45, 2.75) is 109 Å². The van der Waals surface area contributed by atoms with Crippen LogP contribution in [0.4, 0.5) is 0 Å². The quantitative estimate of drug-likeness (QED) is 0.189. The van der Waals surface area contributed by atoms with Crippen LogP contribution in [0.5, 0.6) is 0 Å². The molecule has 0 aliphatic carbocycles. The van der Waals surface area contributed by atoms with E-state index in [1.165, 1.54) is 0 Å². The lowest BCUT2D eigenvalue weighted by Crippen LogP contribution is -2.14. The highest BCUT2D eigenvalue weighted by molar-refractivity contribution is 4.62. The normalized spacial score (nSPS) is 13.0. The fourth-order valence-corrected chi connectivity index (χ4v) is 2.38. The zero-order valence-electron chi connectivity index (χ0n) is 25.9. The van der Waals surface area contributed by atoms with Gasteiger partial charge in [0.1, 0.15) is 0 Å². The molecule has 0 fully saturated rings. The predicted octanol–water partition coefficient (Wildman–Crippen LogP) is 7.80. The van der Waals surface area contributed by atoms with E-state index in [1.54, 1.807) is 0 Å². The molecular formula is C30H64O5. The van der Waals surface area contributed by atoms with Crippen molar-refractivity contribution < 1.29 is 23.7 Å². The van der Waals surface area contributed by atoms with Gasteiger partial charge < -0.3 is 23.7 Å². The van der Waals surface area contributed by atoms with Crippen molar-refractivity contribution in [1.82, 2.24) is 0 Å². The molecule has 0 bridgehead atoms. The monoisotopic (exact) mass is 504 g/mol. The first-order valence-corrected chi connectivity index (χ1v) is 13.8. The van der Waals surface area contributed by atoms with Crippen LogP contribution >= 0.6 is 0 Å². The average Bonchev–Trinajstić information content (AvgIpc) is 2.65. The molecule has 0 aliphatic rings. The van der Waals surface area contributed by atoms with Gasteiger partial charge >= 0.3 is 0 Å². The molecular weight excluding hydrogens is 440 g/mol. The van der Waals surface area contributed by atoms with Crippen molar-refractivity contribution >= 4 is 0 Å². The van der Waals surface area contributed by atoms with Crippen LogP contribution in [-0.2, 0) is 23.7 Å². The number of hydrogen-bond acceptors (Lipinski definition) is 5. The Morgan fingerprint density at radius 1 is 0.257 bits per heavy atom. The molecule has 0 amide bonds. The maximum Gasteiger partial charge on any atom is 0.0701 e. The molecule has 35 heavy (non-hydrogen) atoms. The van der Waals surface area contributed by atoms with Gasteiger partial charge in [-0.3, -0.25) is 0 Å². The second-order valence-corrected chi connectivity index (χ2v) is 14.3. The van der Waals surface area contributed by atoms with Crippen molar-refractivity contribution in [2.75, 3.05) is 66.1 Å². The van der Waals surface area contributed by atoms with Gasteiger partial charge in [-0.15, -0.1) is 0 Å². The van der Waals surface area contributed by atoms with Crippen molar-refractivity contribution in [2.24, 2.45) is 21.7 Å². The van der Waals surface area contributed by atoms with Gasteiger partial charge in [-0.25, -0.2) is 0 Å². The average molecular weight is 505 g/mol. The van der Waals surface area contributed by atoms with Crippen molar-refractivity contribution in [3.63, 3.8) is 0 Å². The number of rotatable bonds is 17. The summed E-state index contributed by atoms with van der Waals surface area (Å²) < 4.78 is 27.5. The summed E-state index contributed by atoms with van der Waals surface area (Å²) in [5, 5.41) is 0. The van der Waals surface area contributed by atoms with Crippen LogP contribution in [0.3, 0.4) is 0 Å². The van der Waals surface area contributed by atoms with Gasteiger partial charge in [0, 0.05) is 26.4 Å². The highest BCUT2D eigenvalue weighted by Gasteiger charge is 2.11. The summed E-state index contributed by atoms with van der Waals surface area (Å²) in [6.07, 6.45) is 4.38. The maximum absolute atomic E-state index is 5.52. The zero-order valence-corrected chi connectivity index (χ0v) is 25.9. The highest BCUT2D eigenvalue weighted by atomic mass is 16.5. The third-order valence-electron chi connectivity index (χ3n) is 5.10. The minimum Gasteiger partial charge on any atom is -0.379 e. The summed E-state index contributed by atoms with van der Waals surface area (Å²) in [4.78, 5) is 0. The third-order valence-corrected chi connectivity index (χ3v) is 5.10. The van der Waals surface area contributed by atoms with Gasteiger partial charge in [0.2, 0.25) is 0 Å². The fourth-order valence-electron chi connectivity index (χ4n) is 2.38. The summed E-state index contributed by atoms with van der Waals surface area (Å²) in [6, 6.07) is 0. The molecule has 0 radical (unpaired) electrons. The van der Waals surface area contributed by atoms with E-state index in [0.717, 1.165) is 65.3 Å². The first-order valence-electron chi connectivity index (χ1n) is 13.8. The van der Waals surface area contributed by atoms with Crippen molar-refractivity contribution in [1.29, 1.82) is 0 Å². The molecule has 0 aliphatic heterocycles. The van der Waals surface area contributed by atoms with Gasteiger partial charge in [-0.2, -0.15) is 0 Å². The highest BCUT2D eigenvalue weighted by Crippen LogP contribution is 2.19. The van der Waals surface area contributed by atoms with Crippen molar-refractivity contribution in [3.8, 4) is 0 Å². The van der Waals surface area contributed by atoms with Gasteiger partial charge in [-0.05, 0) is 47.3 Å². The van der Waals surface area contributed by atoms with Crippen LogP contribution in [-0.4, -0.2) is 66.1 Å². The van der Waals surface area contributed by atoms with E-state index in [0.29, 0.717) is 48.1 Å². The summed E-state index contributed by atoms with van der Waals surface area (Å²) in [7, 11) is 0. The molecule has 0 aromatic carbocycles. The van der Waals surface area contributed by atoms with Gasteiger partial charge in [0.25, 0.3) is 0 Å². The van der Waals surface area contributed by atoms with E-state index in [-0.39, 0.29) is 0 Å². The molecule has 214 valence electrons. The molecule has 0 aromatic rings. The lowest BCUT2D eigenvalue weighted by molar-refractivity contribution is 0.00679. The molecule has 0 saturated carbocycles. The zero-order chi connectivity index (χ0) is 27.4. The van der Waals surface area contributed by atoms with Crippen LogP contribution in [0.25, 0.3) is 0 Å². The van der Waals surface area contributed by atoms with Crippen LogP contribution in [0.2, 0.25) is 0 Å². The summed E-state index contributed by atoms with van der Waals surface area (Å²) in [5.74, 6) is 0. The van der Waals surface area contributed by atoms with Gasteiger partial charge in [0.15, 0.2) is 0 Å². The molecule has 0 rings (SSSR count). The SMILES string of the molecule is CC(C)(C)CCOCCOCCC(C)(C)C.CC(C)(C)CCOCCOCCOCCC(C)(C)C. The van der Waals surface area contributed by atoms with Crippen LogP contribution in [0.15, 0.2) is 0 Å².